The van der Waals surface area contributed by atoms with Gasteiger partial charge in [0.25, 0.3) is 0 Å². The largest absolute Gasteiger partial charge is 0.394 e. The molecule has 1 amide bonds. The number of aliphatic hydroxyl groups is 4. The molecule has 4 unspecified atom stereocenters. The van der Waals surface area contributed by atoms with Crippen LogP contribution in [0.2, 0.25) is 0 Å². The van der Waals surface area contributed by atoms with Crippen molar-refractivity contribution in [3.05, 3.63) is 36.5 Å². The Kier molecular flexibility index (Phi) is 33.7. The molecule has 0 aliphatic rings. The zero-order chi connectivity index (χ0) is 33.9. The summed E-state index contributed by atoms with van der Waals surface area (Å²) < 4.78 is 0. The second kappa shape index (κ2) is 34.9. The topological polar surface area (TPSA) is 110 Å². The number of nitrogens with one attached hydrogen (secondary N) is 1. The predicted octanol–water partition coefficient (Wildman–Crippen LogP) is 9.40. The number of carbonyl (C=O) groups excluding carboxylic acids is 1. The van der Waals surface area contributed by atoms with Crippen molar-refractivity contribution in [2.75, 3.05) is 6.61 Å². The number of amides is 1. The van der Waals surface area contributed by atoms with Crippen LogP contribution in [0.5, 0.6) is 0 Å². The minimum atomic E-state index is -1.29. The fraction of sp³-hybridized carbons (Fsp3) is 0.825. The lowest BCUT2D eigenvalue weighted by molar-refractivity contribution is -0.132. The summed E-state index contributed by atoms with van der Waals surface area (Å²) in [5.74, 6) is -0.606. The Morgan fingerprint density at radius 2 is 0.978 bits per heavy atom. The molecule has 4 atom stereocenters. The Balaban J connectivity index is 3.77. The van der Waals surface area contributed by atoms with Crippen LogP contribution < -0.4 is 5.32 Å². The number of aliphatic hydroxyl groups excluding tert-OH is 4. The van der Waals surface area contributed by atoms with Crippen LogP contribution in [0.25, 0.3) is 0 Å². The van der Waals surface area contributed by atoms with Crippen LogP contribution >= 0.6 is 0 Å². The lowest BCUT2D eigenvalue weighted by Gasteiger charge is -2.27. The summed E-state index contributed by atoms with van der Waals surface area (Å²) in [4.78, 5) is 12.4. The van der Waals surface area contributed by atoms with Gasteiger partial charge in [-0.05, 0) is 70.6 Å². The normalized spacial score (nSPS) is 14.8. The lowest BCUT2D eigenvalue weighted by atomic mass is 10.00. The third-order valence-corrected chi connectivity index (χ3v) is 8.81. The SMILES string of the molecule is CC/C=C/CC/C=C/CCCC(O)C(O)C(CO)NC(=O)C(O)CCCCCCCC/C=C\CCCCCCCCCCCCC. The first-order valence-corrected chi connectivity index (χ1v) is 19.4. The maximum atomic E-state index is 12.4. The molecule has 0 fully saturated rings. The molecule has 0 rings (SSSR count). The zero-order valence-electron chi connectivity index (χ0n) is 30.1. The first-order valence-electron chi connectivity index (χ1n) is 19.4. The molecule has 0 saturated heterocycles. The molecular weight excluding hydrogens is 574 g/mol. The third-order valence-electron chi connectivity index (χ3n) is 8.81. The second-order valence-electron chi connectivity index (χ2n) is 13.2. The molecule has 0 aromatic carbocycles. The molecule has 0 aliphatic heterocycles. The highest BCUT2D eigenvalue weighted by Gasteiger charge is 2.28. The molecule has 0 spiro atoms. The first-order chi connectivity index (χ1) is 22.5. The van der Waals surface area contributed by atoms with Gasteiger partial charge in [-0.3, -0.25) is 4.79 Å². The van der Waals surface area contributed by atoms with E-state index < -0.39 is 36.9 Å². The van der Waals surface area contributed by atoms with Crippen LogP contribution in [0.4, 0.5) is 0 Å². The van der Waals surface area contributed by atoms with Crippen molar-refractivity contribution in [2.24, 2.45) is 0 Å². The summed E-state index contributed by atoms with van der Waals surface area (Å²) in [6.45, 7) is 3.89. The Morgan fingerprint density at radius 3 is 1.48 bits per heavy atom. The quantitative estimate of drug-likeness (QED) is 0.0352. The van der Waals surface area contributed by atoms with Crippen molar-refractivity contribution >= 4 is 5.91 Å². The van der Waals surface area contributed by atoms with Crippen LogP contribution in [-0.4, -0.2) is 57.3 Å². The average Bonchev–Trinajstić information content (AvgIpc) is 3.06. The van der Waals surface area contributed by atoms with Gasteiger partial charge in [0.1, 0.15) is 12.2 Å². The van der Waals surface area contributed by atoms with Gasteiger partial charge in [-0.2, -0.15) is 0 Å². The second-order valence-corrected chi connectivity index (χ2v) is 13.2. The highest BCUT2D eigenvalue weighted by atomic mass is 16.3. The van der Waals surface area contributed by atoms with E-state index in [1.165, 1.54) is 89.9 Å². The van der Waals surface area contributed by atoms with E-state index in [9.17, 15) is 25.2 Å². The van der Waals surface area contributed by atoms with Crippen molar-refractivity contribution in [1.29, 1.82) is 0 Å². The van der Waals surface area contributed by atoms with Crippen molar-refractivity contribution in [2.45, 2.75) is 205 Å². The maximum Gasteiger partial charge on any atom is 0.249 e. The van der Waals surface area contributed by atoms with Gasteiger partial charge in [-0.15, -0.1) is 0 Å². The molecule has 270 valence electrons. The minimum Gasteiger partial charge on any atom is -0.394 e. The predicted molar refractivity (Wildman–Crippen MR) is 196 cm³/mol. The molecule has 0 aromatic heterocycles. The summed E-state index contributed by atoms with van der Waals surface area (Å²) >= 11 is 0. The number of carbonyl (C=O) groups is 1. The standard InChI is InChI=1S/C40H75NO5/c1-3-5-7-9-11-13-14-15-16-17-18-19-20-21-22-23-24-26-28-30-32-34-38(44)40(46)41-36(35-42)39(45)37(43)33-31-29-27-25-12-10-8-6-4-2/h6,8,20-21,25,27,36-39,42-45H,3-5,7,9-19,22-24,26,28-35H2,1-2H3,(H,41,46)/b8-6+,21-20-,27-25+. The van der Waals surface area contributed by atoms with Crippen molar-refractivity contribution in [1.82, 2.24) is 5.32 Å². The van der Waals surface area contributed by atoms with E-state index in [1.807, 2.05) is 0 Å². The molecule has 46 heavy (non-hydrogen) atoms. The van der Waals surface area contributed by atoms with Crippen molar-refractivity contribution in [3.8, 4) is 0 Å². The molecule has 5 N–H and O–H groups in total. The van der Waals surface area contributed by atoms with Crippen LogP contribution in [0.3, 0.4) is 0 Å². The van der Waals surface area contributed by atoms with E-state index in [0.717, 1.165) is 57.8 Å². The maximum absolute atomic E-state index is 12.4. The Bertz CT molecular complexity index is 737. The summed E-state index contributed by atoms with van der Waals surface area (Å²) in [6, 6.07) is -1.01. The first kappa shape index (κ1) is 44.5. The molecule has 0 aliphatic carbocycles. The van der Waals surface area contributed by atoms with E-state index in [0.29, 0.717) is 19.3 Å². The smallest absolute Gasteiger partial charge is 0.249 e. The Labute approximate surface area is 284 Å². The molecule has 0 saturated carbocycles. The number of hydrogen-bond acceptors (Lipinski definition) is 5. The molecule has 0 radical (unpaired) electrons. The third kappa shape index (κ3) is 28.7. The van der Waals surface area contributed by atoms with Crippen molar-refractivity contribution in [3.63, 3.8) is 0 Å². The highest BCUT2D eigenvalue weighted by Crippen LogP contribution is 2.14. The Morgan fingerprint density at radius 1 is 0.543 bits per heavy atom. The fourth-order valence-corrected chi connectivity index (χ4v) is 5.71. The van der Waals surface area contributed by atoms with E-state index in [4.69, 9.17) is 0 Å². The van der Waals surface area contributed by atoms with Gasteiger partial charge in [0.15, 0.2) is 0 Å². The number of allylic oxidation sites excluding steroid dienone is 6. The highest BCUT2D eigenvalue weighted by molar-refractivity contribution is 5.80. The number of unbranched alkanes of at least 4 members (excludes halogenated alkanes) is 19. The summed E-state index contributed by atoms with van der Waals surface area (Å²) in [5, 5.41) is 43.3. The van der Waals surface area contributed by atoms with E-state index in [1.54, 1.807) is 0 Å². The zero-order valence-corrected chi connectivity index (χ0v) is 30.1. The van der Waals surface area contributed by atoms with E-state index >= 15 is 0 Å². The number of hydrogen-bond donors (Lipinski definition) is 5. The van der Waals surface area contributed by atoms with E-state index in [-0.39, 0.29) is 0 Å². The summed E-state index contributed by atoms with van der Waals surface area (Å²) in [6.07, 6.45) is 39.0. The minimum absolute atomic E-state index is 0.352. The Hall–Kier alpha value is -1.47. The monoisotopic (exact) mass is 650 g/mol. The van der Waals surface area contributed by atoms with Gasteiger partial charge >= 0.3 is 0 Å². The fourth-order valence-electron chi connectivity index (χ4n) is 5.71. The molecule has 6 nitrogen and oxygen atoms in total. The molecule has 6 heteroatoms. The summed E-state index contributed by atoms with van der Waals surface area (Å²) in [5.41, 5.74) is 0. The van der Waals surface area contributed by atoms with Gasteiger partial charge in [0, 0.05) is 0 Å². The molecule has 0 heterocycles. The van der Waals surface area contributed by atoms with Crippen LogP contribution in [0.1, 0.15) is 181 Å². The van der Waals surface area contributed by atoms with E-state index in [2.05, 4.69) is 55.6 Å². The lowest BCUT2D eigenvalue weighted by Crippen LogP contribution is -2.53. The number of rotatable bonds is 34. The van der Waals surface area contributed by atoms with Gasteiger partial charge in [0.2, 0.25) is 5.91 Å². The average molecular weight is 650 g/mol. The van der Waals surface area contributed by atoms with Gasteiger partial charge < -0.3 is 25.7 Å². The van der Waals surface area contributed by atoms with Crippen LogP contribution in [0, 0.1) is 0 Å². The van der Waals surface area contributed by atoms with Gasteiger partial charge in [-0.1, -0.05) is 147 Å². The van der Waals surface area contributed by atoms with Gasteiger partial charge in [0.05, 0.1) is 18.8 Å². The molecular formula is C40H75NO5. The molecule has 0 bridgehead atoms. The van der Waals surface area contributed by atoms with Crippen LogP contribution in [0.15, 0.2) is 36.5 Å². The van der Waals surface area contributed by atoms with Crippen molar-refractivity contribution < 1.29 is 25.2 Å². The van der Waals surface area contributed by atoms with Crippen LogP contribution in [-0.2, 0) is 4.79 Å². The van der Waals surface area contributed by atoms with Gasteiger partial charge in [-0.25, -0.2) is 0 Å². The summed E-state index contributed by atoms with van der Waals surface area (Å²) in [7, 11) is 0. The molecule has 0 aromatic rings.